The van der Waals surface area contributed by atoms with Crippen molar-refractivity contribution in [3.8, 4) is 15.6 Å². The summed E-state index contributed by atoms with van der Waals surface area (Å²) in [5, 5.41) is 5.83. The molecule has 4 aromatic heterocycles. The summed E-state index contributed by atoms with van der Waals surface area (Å²) < 4.78 is 3.05. The molecule has 26 heavy (non-hydrogen) atoms. The zero-order valence-electron chi connectivity index (χ0n) is 13.1. The molecule has 0 aliphatic rings. The third kappa shape index (κ3) is 2.31. The number of halogens is 1. The second-order valence-electron chi connectivity index (χ2n) is 5.53. The highest BCUT2D eigenvalue weighted by Crippen LogP contribution is 2.28. The molecule has 0 aliphatic carbocycles. The lowest BCUT2D eigenvalue weighted by molar-refractivity contribution is 0.951. The molecule has 1 aromatic carbocycles. The minimum absolute atomic E-state index is 0.204. The van der Waals surface area contributed by atoms with E-state index in [1.54, 1.807) is 16.9 Å². The summed E-state index contributed by atoms with van der Waals surface area (Å²) in [5.41, 5.74) is 1.45. The quantitative estimate of drug-likeness (QED) is 0.470. The van der Waals surface area contributed by atoms with Gasteiger partial charge in [0.25, 0.3) is 11.3 Å². The van der Waals surface area contributed by atoms with Gasteiger partial charge in [0.1, 0.15) is 6.33 Å². The zero-order valence-corrected chi connectivity index (χ0v) is 14.6. The summed E-state index contributed by atoms with van der Waals surface area (Å²) in [4.78, 5) is 26.5. The van der Waals surface area contributed by atoms with Crippen molar-refractivity contribution in [2.75, 3.05) is 0 Å². The number of thiazole rings is 1. The van der Waals surface area contributed by atoms with Crippen molar-refractivity contribution in [1.82, 2.24) is 29.1 Å². The Kier molecular flexibility index (Phi) is 3.34. The third-order valence-corrected chi connectivity index (χ3v) is 5.30. The van der Waals surface area contributed by atoms with Crippen LogP contribution in [0.1, 0.15) is 0 Å². The number of hydrogen-bond acceptors (Lipinski definition) is 6. The van der Waals surface area contributed by atoms with Crippen LogP contribution < -0.4 is 5.56 Å². The van der Waals surface area contributed by atoms with Crippen molar-refractivity contribution < 1.29 is 0 Å². The number of aromatic nitrogens is 6. The lowest BCUT2D eigenvalue weighted by Crippen LogP contribution is -2.18. The van der Waals surface area contributed by atoms with Gasteiger partial charge in [-0.2, -0.15) is 14.6 Å². The second-order valence-corrected chi connectivity index (χ2v) is 6.98. The number of nitrogens with zero attached hydrogens (tertiary/aromatic N) is 6. The highest BCUT2D eigenvalue weighted by atomic mass is 35.5. The van der Waals surface area contributed by atoms with Crippen molar-refractivity contribution in [1.29, 1.82) is 0 Å². The highest BCUT2D eigenvalue weighted by Gasteiger charge is 2.12. The van der Waals surface area contributed by atoms with Crippen molar-refractivity contribution in [3.05, 3.63) is 70.6 Å². The lowest BCUT2D eigenvalue weighted by atomic mass is 10.2. The molecule has 7 nitrogen and oxygen atoms in total. The topological polar surface area (TPSA) is 78.0 Å². The van der Waals surface area contributed by atoms with Crippen LogP contribution in [0.5, 0.6) is 0 Å². The van der Waals surface area contributed by atoms with E-state index in [0.717, 1.165) is 10.4 Å². The van der Waals surface area contributed by atoms with Crippen molar-refractivity contribution in [3.63, 3.8) is 0 Å². The molecule has 0 amide bonds. The predicted molar refractivity (Wildman–Crippen MR) is 100 cm³/mol. The predicted octanol–water partition coefficient (Wildman–Crippen LogP) is 3.21. The monoisotopic (exact) mass is 380 g/mol. The summed E-state index contributed by atoms with van der Waals surface area (Å²) >= 11 is 7.36. The molecule has 0 saturated carbocycles. The van der Waals surface area contributed by atoms with E-state index in [4.69, 9.17) is 11.6 Å². The minimum atomic E-state index is -0.204. The van der Waals surface area contributed by atoms with E-state index in [1.807, 2.05) is 30.3 Å². The maximum Gasteiger partial charge on any atom is 0.267 e. The van der Waals surface area contributed by atoms with E-state index < -0.39 is 0 Å². The smallest absolute Gasteiger partial charge is 0.267 e. The minimum Gasteiger partial charge on any atom is -0.268 e. The SMILES string of the molecule is O=c1c2cnc3ncnn3c2ccn1-c1ncc(-c2ccc(Cl)cc2)s1. The maximum absolute atomic E-state index is 12.9. The van der Waals surface area contributed by atoms with Gasteiger partial charge in [0, 0.05) is 23.6 Å². The summed E-state index contributed by atoms with van der Waals surface area (Å²) in [7, 11) is 0. The van der Waals surface area contributed by atoms with Crippen LogP contribution in [0.25, 0.3) is 32.3 Å². The van der Waals surface area contributed by atoms with E-state index in [1.165, 1.54) is 28.4 Å². The van der Waals surface area contributed by atoms with Crippen molar-refractivity contribution in [2.45, 2.75) is 0 Å². The Balaban J connectivity index is 1.65. The Morgan fingerprint density at radius 1 is 1.00 bits per heavy atom. The summed E-state index contributed by atoms with van der Waals surface area (Å²) in [6, 6.07) is 9.31. The lowest BCUT2D eigenvalue weighted by Gasteiger charge is -2.04. The normalized spacial score (nSPS) is 11.4. The highest BCUT2D eigenvalue weighted by molar-refractivity contribution is 7.17. The first-order valence-electron chi connectivity index (χ1n) is 7.63. The number of fused-ring (bicyclic) bond motifs is 3. The average Bonchev–Trinajstić information content (AvgIpc) is 3.32. The van der Waals surface area contributed by atoms with Crippen molar-refractivity contribution >= 4 is 39.6 Å². The molecule has 126 valence electrons. The fourth-order valence-electron chi connectivity index (χ4n) is 2.74. The van der Waals surface area contributed by atoms with Crippen LogP contribution in [0, 0.1) is 0 Å². The molecule has 5 rings (SSSR count). The van der Waals surface area contributed by atoms with Gasteiger partial charge in [0.2, 0.25) is 0 Å². The number of hydrogen-bond donors (Lipinski definition) is 0. The van der Waals surface area contributed by atoms with Gasteiger partial charge in [0.15, 0.2) is 5.13 Å². The summed E-state index contributed by atoms with van der Waals surface area (Å²) in [6.07, 6.45) is 6.37. The Hall–Kier alpha value is -3.10. The fourth-order valence-corrected chi connectivity index (χ4v) is 3.77. The van der Waals surface area contributed by atoms with Gasteiger partial charge in [-0.3, -0.25) is 9.36 Å². The van der Waals surface area contributed by atoms with E-state index in [0.29, 0.717) is 26.8 Å². The molecule has 0 atom stereocenters. The molecule has 0 radical (unpaired) electrons. The van der Waals surface area contributed by atoms with Crippen LogP contribution in [-0.2, 0) is 0 Å². The Morgan fingerprint density at radius 2 is 1.85 bits per heavy atom. The molecule has 0 spiro atoms. The second kappa shape index (κ2) is 5.72. The molecule has 4 heterocycles. The van der Waals surface area contributed by atoms with E-state index in [2.05, 4.69) is 20.1 Å². The van der Waals surface area contributed by atoms with Crippen LogP contribution in [0.4, 0.5) is 0 Å². The van der Waals surface area contributed by atoms with Crippen LogP contribution in [0.15, 0.2) is 60.0 Å². The van der Waals surface area contributed by atoms with Gasteiger partial charge in [-0.05, 0) is 23.8 Å². The Bertz CT molecular complexity index is 1320. The van der Waals surface area contributed by atoms with Gasteiger partial charge < -0.3 is 0 Å². The number of pyridine rings is 1. The maximum atomic E-state index is 12.9. The van der Waals surface area contributed by atoms with E-state index in [9.17, 15) is 4.79 Å². The standard InChI is InChI=1S/C17H9ClN6OS/c18-11-3-1-10(2-4-11)14-8-20-17(26-14)23-6-5-13-12(15(23)25)7-19-16-21-9-22-24(13)16/h1-9H. The zero-order chi connectivity index (χ0) is 17.7. The Labute approximate surface area is 155 Å². The van der Waals surface area contributed by atoms with Gasteiger partial charge in [-0.25, -0.2) is 9.97 Å². The van der Waals surface area contributed by atoms with Crippen molar-refractivity contribution in [2.24, 2.45) is 0 Å². The molecule has 0 aliphatic heterocycles. The molecule has 0 bridgehead atoms. The third-order valence-electron chi connectivity index (χ3n) is 4.00. The first-order valence-corrected chi connectivity index (χ1v) is 8.82. The fraction of sp³-hybridized carbons (Fsp3) is 0. The molecule has 0 saturated heterocycles. The van der Waals surface area contributed by atoms with Gasteiger partial charge in [0.05, 0.1) is 15.8 Å². The molecule has 0 N–H and O–H groups in total. The van der Waals surface area contributed by atoms with E-state index in [-0.39, 0.29) is 5.56 Å². The number of benzene rings is 1. The average molecular weight is 381 g/mol. The molecular weight excluding hydrogens is 372 g/mol. The molecule has 0 unspecified atom stereocenters. The summed E-state index contributed by atoms with van der Waals surface area (Å²) in [5.74, 6) is 0.453. The van der Waals surface area contributed by atoms with Crippen LogP contribution >= 0.6 is 22.9 Å². The summed E-state index contributed by atoms with van der Waals surface area (Å²) in [6.45, 7) is 0. The molecule has 5 aromatic rings. The molecule has 9 heteroatoms. The van der Waals surface area contributed by atoms with Crippen LogP contribution in [0.3, 0.4) is 0 Å². The van der Waals surface area contributed by atoms with Gasteiger partial charge in [-0.15, -0.1) is 0 Å². The van der Waals surface area contributed by atoms with Gasteiger partial charge in [-0.1, -0.05) is 35.1 Å². The first-order chi connectivity index (χ1) is 12.7. The molecule has 0 fully saturated rings. The number of rotatable bonds is 2. The molecular formula is C17H9ClN6OS. The van der Waals surface area contributed by atoms with Crippen LogP contribution in [-0.4, -0.2) is 29.1 Å². The van der Waals surface area contributed by atoms with Gasteiger partial charge >= 0.3 is 0 Å². The Morgan fingerprint density at radius 3 is 2.69 bits per heavy atom. The van der Waals surface area contributed by atoms with E-state index >= 15 is 0 Å². The van der Waals surface area contributed by atoms with Crippen LogP contribution in [0.2, 0.25) is 5.02 Å². The first kappa shape index (κ1) is 15.2. The largest absolute Gasteiger partial charge is 0.268 e.